The minimum absolute atomic E-state index is 0.223. The molecule has 0 fully saturated rings. The molecule has 0 saturated heterocycles. The number of aliphatic carboxylic acids is 1. The number of halogens is 2. The van der Waals surface area contributed by atoms with Crippen LogP contribution >= 0.6 is 0 Å². The lowest BCUT2D eigenvalue weighted by Gasteiger charge is -2.09. The number of carboxylic acids is 1. The Bertz CT molecular complexity index is 467. The fourth-order valence-corrected chi connectivity index (χ4v) is 1.36. The summed E-state index contributed by atoms with van der Waals surface area (Å²) < 4.78 is 25.3. The lowest BCUT2D eigenvalue weighted by atomic mass is 10.0. The van der Waals surface area contributed by atoms with Crippen molar-refractivity contribution in [1.82, 2.24) is 4.98 Å². The van der Waals surface area contributed by atoms with E-state index in [0.29, 0.717) is 5.69 Å². The summed E-state index contributed by atoms with van der Waals surface area (Å²) in [5.74, 6) is -1.26. The van der Waals surface area contributed by atoms with Gasteiger partial charge in [-0.2, -0.15) is 5.26 Å². The van der Waals surface area contributed by atoms with Gasteiger partial charge in [0.15, 0.2) is 0 Å². The molecule has 0 bridgehead atoms. The number of carbonyl (C=O) groups is 1. The molecular formula is C10H8F2N2O2. The maximum absolute atomic E-state index is 12.7. The summed E-state index contributed by atoms with van der Waals surface area (Å²) in [5, 5.41) is 17.3. The van der Waals surface area contributed by atoms with Gasteiger partial charge < -0.3 is 5.11 Å². The number of carboxylic acid groups (broad SMARTS) is 1. The van der Waals surface area contributed by atoms with Crippen molar-refractivity contribution in [2.75, 3.05) is 0 Å². The molecule has 0 radical (unpaired) electrons. The topological polar surface area (TPSA) is 74.0 Å². The fourth-order valence-electron chi connectivity index (χ4n) is 1.36. The lowest BCUT2D eigenvalue weighted by molar-refractivity contribution is -0.136. The number of hydrogen-bond donors (Lipinski definition) is 1. The first-order valence-corrected chi connectivity index (χ1v) is 4.36. The molecule has 6 heteroatoms. The summed E-state index contributed by atoms with van der Waals surface area (Å²) in [6.07, 6.45) is -3.52. The zero-order valence-corrected chi connectivity index (χ0v) is 8.37. The Morgan fingerprint density at radius 1 is 1.69 bits per heavy atom. The number of alkyl halides is 2. The Morgan fingerprint density at radius 2 is 2.31 bits per heavy atom. The quantitative estimate of drug-likeness (QED) is 0.853. The van der Waals surface area contributed by atoms with E-state index in [2.05, 4.69) is 4.98 Å². The summed E-state index contributed by atoms with van der Waals surface area (Å²) in [7, 11) is 0. The van der Waals surface area contributed by atoms with E-state index in [4.69, 9.17) is 10.4 Å². The van der Waals surface area contributed by atoms with Gasteiger partial charge in [0.25, 0.3) is 6.43 Å². The van der Waals surface area contributed by atoms with Crippen LogP contribution in [0, 0.1) is 18.3 Å². The van der Waals surface area contributed by atoms with Crippen LogP contribution in [0.5, 0.6) is 0 Å². The first-order valence-electron chi connectivity index (χ1n) is 4.36. The molecule has 0 spiro atoms. The zero-order chi connectivity index (χ0) is 12.3. The number of pyridine rings is 1. The monoisotopic (exact) mass is 226 g/mol. The summed E-state index contributed by atoms with van der Waals surface area (Å²) >= 11 is 0. The van der Waals surface area contributed by atoms with E-state index in [0.717, 1.165) is 0 Å². The summed E-state index contributed by atoms with van der Waals surface area (Å²) in [5.41, 5.74) is -0.717. The number of rotatable bonds is 3. The molecule has 1 heterocycles. The van der Waals surface area contributed by atoms with Gasteiger partial charge in [0.05, 0.1) is 29.3 Å². The molecule has 0 saturated carbocycles. The minimum atomic E-state index is -2.91. The highest BCUT2D eigenvalue weighted by Gasteiger charge is 2.21. The Hall–Kier alpha value is -2.03. The Kier molecular flexibility index (Phi) is 3.51. The number of hydrogen-bond acceptors (Lipinski definition) is 3. The van der Waals surface area contributed by atoms with Crippen LogP contribution in [0.4, 0.5) is 8.78 Å². The van der Waals surface area contributed by atoms with Gasteiger partial charge in [-0.1, -0.05) is 0 Å². The van der Waals surface area contributed by atoms with Crippen LogP contribution in [0.25, 0.3) is 0 Å². The molecular weight excluding hydrogens is 218 g/mol. The highest BCUT2D eigenvalue weighted by Crippen LogP contribution is 2.26. The number of nitriles is 1. The molecule has 84 valence electrons. The van der Waals surface area contributed by atoms with Gasteiger partial charge >= 0.3 is 5.97 Å². The SMILES string of the molecule is Cc1cc(C#N)c(C(F)F)c(CC(=O)O)n1. The maximum atomic E-state index is 12.7. The van der Waals surface area contributed by atoms with E-state index in [1.165, 1.54) is 13.0 Å². The van der Waals surface area contributed by atoms with Crippen LogP contribution in [0.1, 0.15) is 28.9 Å². The highest BCUT2D eigenvalue weighted by molar-refractivity contribution is 5.70. The number of aromatic nitrogens is 1. The van der Waals surface area contributed by atoms with Crippen LogP contribution in [0.3, 0.4) is 0 Å². The van der Waals surface area contributed by atoms with Gasteiger partial charge in [-0.3, -0.25) is 9.78 Å². The van der Waals surface area contributed by atoms with Crippen molar-refractivity contribution in [3.8, 4) is 6.07 Å². The number of nitrogens with zero attached hydrogens (tertiary/aromatic N) is 2. The molecule has 0 aliphatic heterocycles. The van der Waals surface area contributed by atoms with Crippen LogP contribution in [0.2, 0.25) is 0 Å². The van der Waals surface area contributed by atoms with Gasteiger partial charge in [-0.05, 0) is 13.0 Å². The van der Waals surface area contributed by atoms with Gasteiger partial charge in [-0.25, -0.2) is 8.78 Å². The lowest BCUT2D eigenvalue weighted by Crippen LogP contribution is -2.09. The van der Waals surface area contributed by atoms with E-state index in [1.807, 2.05) is 0 Å². The second kappa shape index (κ2) is 4.66. The molecule has 0 amide bonds. The van der Waals surface area contributed by atoms with Crippen LogP contribution in [-0.4, -0.2) is 16.1 Å². The van der Waals surface area contributed by atoms with Gasteiger partial charge in [0, 0.05) is 5.69 Å². The summed E-state index contributed by atoms with van der Waals surface area (Å²) in [6.45, 7) is 1.52. The van der Waals surface area contributed by atoms with Crippen LogP contribution in [-0.2, 0) is 11.2 Å². The van der Waals surface area contributed by atoms with Crippen LogP contribution in [0.15, 0.2) is 6.07 Å². The van der Waals surface area contributed by atoms with Gasteiger partial charge in [0.2, 0.25) is 0 Å². The normalized spacial score (nSPS) is 10.2. The molecule has 0 aliphatic carbocycles. The summed E-state index contributed by atoms with van der Waals surface area (Å²) in [6, 6.07) is 2.83. The average Bonchev–Trinajstić information content (AvgIpc) is 2.14. The third-order valence-corrected chi connectivity index (χ3v) is 1.92. The second-order valence-electron chi connectivity index (χ2n) is 3.15. The molecule has 4 nitrogen and oxygen atoms in total. The molecule has 0 aliphatic rings. The van der Waals surface area contributed by atoms with Crippen molar-refractivity contribution in [3.05, 3.63) is 28.6 Å². The van der Waals surface area contributed by atoms with E-state index in [9.17, 15) is 13.6 Å². The first kappa shape index (κ1) is 12.0. The smallest absolute Gasteiger partial charge is 0.309 e. The molecule has 0 aromatic carbocycles. The Morgan fingerprint density at radius 3 is 2.75 bits per heavy atom. The van der Waals surface area contributed by atoms with Crippen molar-refractivity contribution in [2.24, 2.45) is 0 Å². The third-order valence-electron chi connectivity index (χ3n) is 1.92. The minimum Gasteiger partial charge on any atom is -0.481 e. The highest BCUT2D eigenvalue weighted by atomic mass is 19.3. The molecule has 1 N–H and O–H groups in total. The average molecular weight is 226 g/mol. The molecule has 1 aromatic heterocycles. The first-order chi connectivity index (χ1) is 7.45. The van der Waals surface area contributed by atoms with Gasteiger partial charge in [-0.15, -0.1) is 0 Å². The predicted molar refractivity (Wildman–Crippen MR) is 50.0 cm³/mol. The molecule has 0 atom stereocenters. The van der Waals surface area contributed by atoms with Crippen molar-refractivity contribution in [1.29, 1.82) is 5.26 Å². The van der Waals surface area contributed by atoms with E-state index >= 15 is 0 Å². The fraction of sp³-hybridized carbons (Fsp3) is 0.300. The Balaban J connectivity index is 3.39. The van der Waals surface area contributed by atoms with Gasteiger partial charge in [0.1, 0.15) is 0 Å². The standard InChI is InChI=1S/C10H8F2N2O2/c1-5-2-6(4-13)9(10(11)12)7(14-5)3-8(15)16/h2,10H,3H2,1H3,(H,15,16). The maximum Gasteiger partial charge on any atom is 0.309 e. The van der Waals surface area contributed by atoms with Crippen LogP contribution < -0.4 is 0 Å². The summed E-state index contributed by atoms with van der Waals surface area (Å²) in [4.78, 5) is 14.2. The van der Waals surface area contributed by atoms with E-state index in [1.54, 1.807) is 6.07 Å². The van der Waals surface area contributed by atoms with E-state index < -0.39 is 24.4 Å². The third kappa shape index (κ3) is 2.51. The number of aryl methyl sites for hydroxylation is 1. The Labute approximate surface area is 90.2 Å². The van der Waals surface area contributed by atoms with Crippen molar-refractivity contribution in [2.45, 2.75) is 19.8 Å². The van der Waals surface area contributed by atoms with Crippen molar-refractivity contribution < 1.29 is 18.7 Å². The van der Waals surface area contributed by atoms with Crippen molar-refractivity contribution in [3.63, 3.8) is 0 Å². The molecule has 1 aromatic rings. The van der Waals surface area contributed by atoms with Crippen molar-refractivity contribution >= 4 is 5.97 Å². The zero-order valence-electron chi connectivity index (χ0n) is 8.37. The largest absolute Gasteiger partial charge is 0.481 e. The van der Waals surface area contributed by atoms with E-state index in [-0.39, 0.29) is 11.3 Å². The molecule has 1 rings (SSSR count). The molecule has 0 unspecified atom stereocenters. The molecule has 16 heavy (non-hydrogen) atoms. The second-order valence-corrected chi connectivity index (χ2v) is 3.15. The predicted octanol–water partition coefficient (Wildman–Crippen LogP) is 1.83.